The van der Waals surface area contributed by atoms with Crippen molar-refractivity contribution in [1.29, 1.82) is 0 Å². The molecule has 1 fully saturated rings. The van der Waals surface area contributed by atoms with Crippen molar-refractivity contribution in [2.45, 2.75) is 57.9 Å². The Labute approximate surface area is 180 Å². The highest BCUT2D eigenvalue weighted by Crippen LogP contribution is 2.26. The van der Waals surface area contributed by atoms with E-state index in [0.29, 0.717) is 30.8 Å². The smallest absolute Gasteiger partial charge is 0.243 e. The summed E-state index contributed by atoms with van der Waals surface area (Å²) >= 11 is 0. The van der Waals surface area contributed by atoms with E-state index in [4.69, 9.17) is 0 Å². The van der Waals surface area contributed by atoms with Crippen molar-refractivity contribution in [3.8, 4) is 0 Å². The molecule has 0 aliphatic carbocycles. The highest BCUT2D eigenvalue weighted by Gasteiger charge is 2.32. The lowest BCUT2D eigenvalue weighted by atomic mass is 9.95. The number of sulfonamides is 1. The van der Waals surface area contributed by atoms with Crippen LogP contribution in [0.2, 0.25) is 0 Å². The van der Waals surface area contributed by atoms with E-state index in [-0.39, 0.29) is 17.9 Å². The summed E-state index contributed by atoms with van der Waals surface area (Å²) in [5, 5.41) is 3.18. The molecular formula is C24H32N2O3S. The number of amides is 1. The molecule has 1 heterocycles. The van der Waals surface area contributed by atoms with Crippen LogP contribution < -0.4 is 5.32 Å². The van der Waals surface area contributed by atoms with Crippen molar-refractivity contribution in [3.63, 3.8) is 0 Å². The summed E-state index contributed by atoms with van der Waals surface area (Å²) in [6.07, 6.45) is 1.90. The number of aryl methyl sites for hydroxylation is 3. The maximum Gasteiger partial charge on any atom is 0.243 e. The molecule has 1 aliphatic rings. The molecule has 2 aromatic carbocycles. The molecule has 1 aliphatic heterocycles. The first-order valence-corrected chi connectivity index (χ1v) is 12.1. The summed E-state index contributed by atoms with van der Waals surface area (Å²) < 4.78 is 27.2. The van der Waals surface area contributed by atoms with Crippen LogP contribution in [0.15, 0.2) is 47.4 Å². The van der Waals surface area contributed by atoms with Gasteiger partial charge in [0.1, 0.15) is 0 Å². The standard InChI is InChI=1S/C24H32N2O3S/c1-5-23(21-9-8-18(3)19(4)16-21)25-24(27)20-12-14-26(15-13-20)30(28,29)22-10-6-17(2)7-11-22/h6-11,16,20,23H,5,12-15H2,1-4H3,(H,25,27)/t23-/m0/s1. The fourth-order valence-corrected chi connectivity index (χ4v) is 5.38. The minimum Gasteiger partial charge on any atom is -0.349 e. The van der Waals surface area contributed by atoms with E-state index < -0.39 is 10.0 Å². The lowest BCUT2D eigenvalue weighted by Crippen LogP contribution is -2.43. The molecule has 6 heteroatoms. The Morgan fingerprint density at radius 3 is 2.23 bits per heavy atom. The van der Waals surface area contributed by atoms with Gasteiger partial charge in [-0.1, -0.05) is 42.8 Å². The summed E-state index contributed by atoms with van der Waals surface area (Å²) in [6, 6.07) is 13.2. The van der Waals surface area contributed by atoms with Crippen LogP contribution in [0, 0.1) is 26.7 Å². The predicted molar refractivity (Wildman–Crippen MR) is 120 cm³/mol. The van der Waals surface area contributed by atoms with Crippen LogP contribution in [0.1, 0.15) is 54.5 Å². The Morgan fingerprint density at radius 1 is 1.03 bits per heavy atom. The number of carbonyl (C=O) groups excluding carboxylic acids is 1. The lowest BCUT2D eigenvalue weighted by Gasteiger charge is -2.31. The zero-order valence-electron chi connectivity index (χ0n) is 18.3. The van der Waals surface area contributed by atoms with Gasteiger partial charge in [-0.05, 0) is 68.9 Å². The Morgan fingerprint density at radius 2 is 1.67 bits per heavy atom. The summed E-state index contributed by atoms with van der Waals surface area (Å²) in [6.45, 7) is 8.90. The van der Waals surface area contributed by atoms with Gasteiger partial charge < -0.3 is 5.32 Å². The fraction of sp³-hybridized carbons (Fsp3) is 0.458. The Hall–Kier alpha value is -2.18. The molecular weight excluding hydrogens is 396 g/mol. The Balaban J connectivity index is 1.61. The summed E-state index contributed by atoms with van der Waals surface area (Å²) in [4.78, 5) is 13.2. The van der Waals surface area contributed by atoms with Gasteiger partial charge >= 0.3 is 0 Å². The second kappa shape index (κ2) is 9.31. The first-order valence-electron chi connectivity index (χ1n) is 10.7. The van der Waals surface area contributed by atoms with Crippen molar-refractivity contribution < 1.29 is 13.2 Å². The van der Waals surface area contributed by atoms with Crippen molar-refractivity contribution in [2.24, 2.45) is 5.92 Å². The molecule has 1 amide bonds. The minimum absolute atomic E-state index is 0.0208. The van der Waals surface area contributed by atoms with Gasteiger partial charge in [0.15, 0.2) is 0 Å². The van der Waals surface area contributed by atoms with E-state index in [1.165, 1.54) is 15.4 Å². The molecule has 1 atom stereocenters. The van der Waals surface area contributed by atoms with Crippen LogP contribution in [0.5, 0.6) is 0 Å². The lowest BCUT2D eigenvalue weighted by molar-refractivity contribution is -0.126. The first-order chi connectivity index (χ1) is 14.2. The van der Waals surface area contributed by atoms with Gasteiger partial charge in [-0.15, -0.1) is 0 Å². The second-order valence-electron chi connectivity index (χ2n) is 8.30. The molecule has 0 spiro atoms. The molecule has 162 valence electrons. The van der Waals surface area contributed by atoms with Gasteiger partial charge in [0, 0.05) is 19.0 Å². The molecule has 0 unspecified atom stereocenters. The van der Waals surface area contributed by atoms with Gasteiger partial charge in [-0.2, -0.15) is 4.31 Å². The number of carbonyl (C=O) groups is 1. The Bertz CT molecular complexity index is 992. The van der Waals surface area contributed by atoms with Gasteiger partial charge in [0.05, 0.1) is 10.9 Å². The van der Waals surface area contributed by atoms with E-state index in [1.807, 2.05) is 19.1 Å². The zero-order valence-corrected chi connectivity index (χ0v) is 19.1. The van der Waals surface area contributed by atoms with Crippen LogP contribution >= 0.6 is 0 Å². The monoisotopic (exact) mass is 428 g/mol. The van der Waals surface area contributed by atoms with E-state index >= 15 is 0 Å². The SMILES string of the molecule is CC[C@H](NC(=O)C1CCN(S(=O)(=O)c2ccc(C)cc2)CC1)c1ccc(C)c(C)c1. The quantitative estimate of drug-likeness (QED) is 0.747. The number of piperidine rings is 1. The molecule has 3 rings (SSSR count). The first kappa shape index (κ1) is 22.5. The average molecular weight is 429 g/mol. The number of hydrogen-bond acceptors (Lipinski definition) is 3. The molecule has 0 saturated carbocycles. The number of nitrogens with one attached hydrogen (secondary N) is 1. The predicted octanol–water partition coefficient (Wildman–Crippen LogP) is 4.28. The van der Waals surface area contributed by atoms with E-state index in [2.05, 4.69) is 44.3 Å². The van der Waals surface area contributed by atoms with E-state index in [9.17, 15) is 13.2 Å². The number of benzene rings is 2. The van der Waals surface area contributed by atoms with Crippen LogP contribution in [0.25, 0.3) is 0 Å². The van der Waals surface area contributed by atoms with Crippen molar-refractivity contribution in [3.05, 3.63) is 64.7 Å². The number of nitrogens with zero attached hydrogens (tertiary/aromatic N) is 1. The molecule has 0 radical (unpaired) electrons. The second-order valence-corrected chi connectivity index (χ2v) is 10.2. The van der Waals surface area contributed by atoms with E-state index in [1.54, 1.807) is 12.1 Å². The third-order valence-electron chi connectivity index (χ3n) is 6.14. The van der Waals surface area contributed by atoms with Gasteiger partial charge in [-0.3, -0.25) is 4.79 Å². The molecule has 0 aromatic heterocycles. The van der Waals surface area contributed by atoms with Crippen LogP contribution in [-0.4, -0.2) is 31.7 Å². The average Bonchev–Trinajstić information content (AvgIpc) is 2.74. The van der Waals surface area contributed by atoms with Crippen LogP contribution in [0.4, 0.5) is 0 Å². The third kappa shape index (κ3) is 4.93. The van der Waals surface area contributed by atoms with Crippen molar-refractivity contribution >= 4 is 15.9 Å². The molecule has 1 saturated heterocycles. The maximum atomic E-state index is 12.9. The van der Waals surface area contributed by atoms with Gasteiger partial charge in [0.25, 0.3) is 0 Å². The highest BCUT2D eigenvalue weighted by molar-refractivity contribution is 7.89. The van der Waals surface area contributed by atoms with Gasteiger partial charge in [-0.25, -0.2) is 8.42 Å². The third-order valence-corrected chi connectivity index (χ3v) is 8.05. The largest absolute Gasteiger partial charge is 0.349 e. The fourth-order valence-electron chi connectivity index (χ4n) is 3.91. The number of rotatable bonds is 6. The van der Waals surface area contributed by atoms with Gasteiger partial charge in [0.2, 0.25) is 15.9 Å². The summed E-state index contributed by atoms with van der Waals surface area (Å²) in [7, 11) is -3.51. The molecule has 5 nitrogen and oxygen atoms in total. The topological polar surface area (TPSA) is 66.5 Å². The molecule has 1 N–H and O–H groups in total. The van der Waals surface area contributed by atoms with Crippen LogP contribution in [0.3, 0.4) is 0 Å². The normalized spacial score (nSPS) is 16.9. The van der Waals surface area contributed by atoms with E-state index in [0.717, 1.165) is 17.5 Å². The zero-order chi connectivity index (χ0) is 21.9. The van der Waals surface area contributed by atoms with Crippen LogP contribution in [-0.2, 0) is 14.8 Å². The highest BCUT2D eigenvalue weighted by atomic mass is 32.2. The van der Waals surface area contributed by atoms with Crippen molar-refractivity contribution in [2.75, 3.05) is 13.1 Å². The maximum absolute atomic E-state index is 12.9. The minimum atomic E-state index is -3.51. The van der Waals surface area contributed by atoms with Crippen molar-refractivity contribution in [1.82, 2.24) is 9.62 Å². The Kier molecular flexibility index (Phi) is 6.98. The molecule has 2 aromatic rings. The molecule has 0 bridgehead atoms. The number of hydrogen-bond donors (Lipinski definition) is 1. The molecule has 30 heavy (non-hydrogen) atoms. The summed E-state index contributed by atoms with van der Waals surface area (Å²) in [5.74, 6) is -0.137. The summed E-state index contributed by atoms with van der Waals surface area (Å²) in [5.41, 5.74) is 4.60.